The van der Waals surface area contributed by atoms with E-state index in [4.69, 9.17) is 4.43 Å². The molecular formula is C28H42O2Si. The summed E-state index contributed by atoms with van der Waals surface area (Å²) in [5.41, 5.74) is 0. The molecule has 0 heterocycles. The van der Waals surface area contributed by atoms with Gasteiger partial charge >= 0.3 is 0 Å². The zero-order chi connectivity index (χ0) is 22.7. The lowest BCUT2D eigenvalue weighted by Crippen LogP contribution is -2.68. The first-order valence-corrected chi connectivity index (χ1v) is 13.9. The number of aliphatic hydroxyl groups excluding tert-OH is 1. The van der Waals surface area contributed by atoms with Gasteiger partial charge < -0.3 is 9.53 Å². The normalized spacial score (nSPS) is 14.2. The highest BCUT2D eigenvalue weighted by molar-refractivity contribution is 6.99. The van der Waals surface area contributed by atoms with Crippen LogP contribution in [0.2, 0.25) is 5.04 Å². The molecule has 0 aliphatic carbocycles. The third kappa shape index (κ3) is 6.65. The molecular weight excluding hydrogens is 396 g/mol. The first-order valence-electron chi connectivity index (χ1n) is 12.0. The lowest BCUT2D eigenvalue weighted by Gasteiger charge is -2.45. The van der Waals surface area contributed by atoms with E-state index in [2.05, 4.69) is 94.9 Å². The van der Waals surface area contributed by atoms with Crippen molar-refractivity contribution in [3.05, 3.63) is 73.3 Å². The summed E-state index contributed by atoms with van der Waals surface area (Å²) < 4.78 is 7.17. The van der Waals surface area contributed by atoms with Crippen LogP contribution < -0.4 is 10.4 Å². The van der Waals surface area contributed by atoms with Crippen LogP contribution in [0.5, 0.6) is 0 Å². The molecule has 0 spiro atoms. The molecule has 0 saturated carbocycles. The molecule has 1 N–H and O–H groups in total. The van der Waals surface area contributed by atoms with E-state index in [0.29, 0.717) is 0 Å². The highest BCUT2D eigenvalue weighted by Gasteiger charge is 2.51. The Morgan fingerprint density at radius 1 is 0.871 bits per heavy atom. The van der Waals surface area contributed by atoms with Crippen molar-refractivity contribution in [2.75, 3.05) is 0 Å². The van der Waals surface area contributed by atoms with Gasteiger partial charge in [-0.1, -0.05) is 133 Å². The molecule has 2 rings (SSSR count). The Hall–Kier alpha value is -1.68. The molecule has 2 nitrogen and oxygen atoms in total. The van der Waals surface area contributed by atoms with Crippen LogP contribution in [0.4, 0.5) is 0 Å². The van der Waals surface area contributed by atoms with Crippen molar-refractivity contribution >= 4 is 18.7 Å². The summed E-state index contributed by atoms with van der Waals surface area (Å²) >= 11 is 0. The third-order valence-corrected chi connectivity index (χ3v) is 11.3. The minimum atomic E-state index is -2.68. The summed E-state index contributed by atoms with van der Waals surface area (Å²) in [5.74, 6) is 0. The molecule has 0 saturated heterocycles. The summed E-state index contributed by atoms with van der Waals surface area (Å²) in [6.45, 7) is 13.0. The molecule has 2 aromatic rings. The van der Waals surface area contributed by atoms with Crippen molar-refractivity contribution < 1.29 is 9.53 Å². The molecule has 31 heavy (non-hydrogen) atoms. The molecule has 0 aliphatic rings. The minimum absolute atomic E-state index is 0.101. The number of unbranched alkanes of at least 4 members (excludes halogenated alkanes) is 5. The average Bonchev–Trinajstić information content (AvgIpc) is 2.78. The number of hydrogen-bond acceptors (Lipinski definition) is 2. The SMILES string of the molecule is C=C[C@@H](O)[C@H](CCCCCCCC)O[Si](c1ccccc1)(c1ccccc1)C(C)(C)C. The lowest BCUT2D eigenvalue weighted by molar-refractivity contribution is 0.0526. The molecule has 2 atom stereocenters. The van der Waals surface area contributed by atoms with Crippen LogP contribution >= 0.6 is 0 Å². The van der Waals surface area contributed by atoms with Gasteiger partial charge in [-0.15, -0.1) is 6.58 Å². The quantitative estimate of drug-likeness (QED) is 0.228. The Balaban J connectivity index is 2.40. The van der Waals surface area contributed by atoms with Gasteiger partial charge in [-0.2, -0.15) is 0 Å². The zero-order valence-electron chi connectivity index (χ0n) is 20.0. The van der Waals surface area contributed by atoms with Gasteiger partial charge in [0.1, 0.15) is 0 Å². The van der Waals surface area contributed by atoms with Crippen molar-refractivity contribution in [3.8, 4) is 0 Å². The summed E-state index contributed by atoms with van der Waals surface area (Å²) in [4.78, 5) is 0. The highest BCUT2D eigenvalue weighted by Crippen LogP contribution is 2.38. The van der Waals surface area contributed by atoms with Crippen LogP contribution in [0.1, 0.15) is 72.6 Å². The van der Waals surface area contributed by atoms with Crippen LogP contribution in [0.3, 0.4) is 0 Å². The summed E-state index contributed by atoms with van der Waals surface area (Å²) in [6, 6.07) is 21.3. The third-order valence-electron chi connectivity index (χ3n) is 6.21. The van der Waals surface area contributed by atoms with E-state index in [9.17, 15) is 5.11 Å². The smallest absolute Gasteiger partial charge is 0.261 e. The zero-order valence-corrected chi connectivity index (χ0v) is 21.0. The molecule has 3 heteroatoms. The first kappa shape index (κ1) is 25.6. The molecule has 170 valence electrons. The molecule has 2 aromatic carbocycles. The summed E-state index contributed by atoms with van der Waals surface area (Å²) in [6.07, 6.45) is 8.93. The molecule has 0 fully saturated rings. The number of benzene rings is 2. The maximum atomic E-state index is 10.9. The van der Waals surface area contributed by atoms with E-state index >= 15 is 0 Å². The molecule has 0 amide bonds. The lowest BCUT2D eigenvalue weighted by atomic mass is 10.0. The van der Waals surface area contributed by atoms with Gasteiger partial charge in [-0.3, -0.25) is 0 Å². The van der Waals surface area contributed by atoms with Gasteiger partial charge in [-0.05, 0) is 21.8 Å². The van der Waals surface area contributed by atoms with Crippen LogP contribution in [-0.4, -0.2) is 25.6 Å². The maximum absolute atomic E-state index is 10.9. The molecule has 0 unspecified atom stereocenters. The number of aliphatic hydroxyl groups is 1. The van der Waals surface area contributed by atoms with E-state index in [0.717, 1.165) is 12.8 Å². The largest absolute Gasteiger partial charge is 0.401 e. The second-order valence-corrected chi connectivity index (χ2v) is 13.9. The molecule has 0 aliphatic heterocycles. The Bertz CT molecular complexity index is 712. The monoisotopic (exact) mass is 438 g/mol. The summed E-state index contributed by atoms with van der Waals surface area (Å²) in [7, 11) is -2.68. The van der Waals surface area contributed by atoms with Crippen molar-refractivity contribution in [2.45, 2.75) is 89.9 Å². The van der Waals surface area contributed by atoms with Crippen molar-refractivity contribution in [2.24, 2.45) is 0 Å². The Kier molecular flexibility index (Phi) is 10.2. The molecule has 0 radical (unpaired) electrons. The van der Waals surface area contributed by atoms with E-state index in [1.807, 2.05) is 0 Å². The maximum Gasteiger partial charge on any atom is 0.261 e. The Morgan fingerprint density at radius 3 is 1.81 bits per heavy atom. The fourth-order valence-electron chi connectivity index (χ4n) is 4.50. The standard InChI is InChI=1S/C28H42O2Si/c1-6-8-9-10-11-18-23-27(26(29)7-2)30-31(28(3,4)5,24-19-14-12-15-20-24)25-21-16-13-17-22-25/h7,12-17,19-22,26-27,29H,2,6,8-11,18,23H2,1,3-5H3/t26-,27+/m1/s1. The van der Waals surface area contributed by atoms with Crippen molar-refractivity contribution in [3.63, 3.8) is 0 Å². The van der Waals surface area contributed by atoms with Crippen molar-refractivity contribution in [1.82, 2.24) is 0 Å². The van der Waals surface area contributed by atoms with Gasteiger partial charge in [0.2, 0.25) is 0 Å². The predicted octanol–water partition coefficient (Wildman–Crippen LogP) is 6.23. The number of hydrogen-bond donors (Lipinski definition) is 1. The molecule has 0 bridgehead atoms. The van der Waals surface area contributed by atoms with E-state index < -0.39 is 14.4 Å². The van der Waals surface area contributed by atoms with Gasteiger partial charge in [-0.25, -0.2) is 0 Å². The van der Waals surface area contributed by atoms with Crippen LogP contribution in [0, 0.1) is 0 Å². The van der Waals surface area contributed by atoms with E-state index in [1.54, 1.807) is 6.08 Å². The fraction of sp³-hybridized carbons (Fsp3) is 0.500. The second-order valence-electron chi connectivity index (χ2n) is 9.60. The predicted molar refractivity (Wildman–Crippen MR) is 137 cm³/mol. The van der Waals surface area contributed by atoms with Crippen molar-refractivity contribution in [1.29, 1.82) is 0 Å². The van der Waals surface area contributed by atoms with Gasteiger partial charge in [0.05, 0.1) is 12.2 Å². The topological polar surface area (TPSA) is 29.5 Å². The van der Waals surface area contributed by atoms with Crippen LogP contribution in [0.15, 0.2) is 73.3 Å². The second kappa shape index (κ2) is 12.4. The Labute approximate surface area is 191 Å². The van der Waals surface area contributed by atoms with Gasteiger partial charge in [0.15, 0.2) is 0 Å². The van der Waals surface area contributed by atoms with Crippen LogP contribution in [0.25, 0.3) is 0 Å². The fourth-order valence-corrected chi connectivity index (χ4v) is 9.22. The van der Waals surface area contributed by atoms with E-state index in [1.165, 1.54) is 42.5 Å². The van der Waals surface area contributed by atoms with Crippen LogP contribution in [-0.2, 0) is 4.43 Å². The average molecular weight is 439 g/mol. The Morgan fingerprint density at radius 2 is 1.35 bits per heavy atom. The summed E-state index contributed by atoms with van der Waals surface area (Å²) in [5, 5.41) is 13.3. The molecule has 0 aromatic heterocycles. The number of rotatable bonds is 13. The highest BCUT2D eigenvalue weighted by atomic mass is 28.4. The van der Waals surface area contributed by atoms with E-state index in [-0.39, 0.29) is 11.1 Å². The first-order chi connectivity index (χ1) is 14.9. The van der Waals surface area contributed by atoms with Gasteiger partial charge in [0.25, 0.3) is 8.32 Å². The minimum Gasteiger partial charge on any atom is -0.401 e. The van der Waals surface area contributed by atoms with Gasteiger partial charge in [0, 0.05) is 0 Å².